The molecule has 21 heteroatoms. The first-order chi connectivity index (χ1) is 21.2. The number of rotatable bonds is 21. The smallest absolute Gasteiger partial charge is 0.245 e. The Morgan fingerprint density at radius 2 is 1.53 bits per heavy atom. The van der Waals surface area contributed by atoms with Gasteiger partial charge in [-0.2, -0.15) is 0 Å². The van der Waals surface area contributed by atoms with Crippen molar-refractivity contribution in [2.75, 3.05) is 13.2 Å². The molecule has 0 fully saturated rings. The maximum atomic E-state index is 13.2. The van der Waals surface area contributed by atoms with E-state index in [9.17, 15) is 43.8 Å². The van der Waals surface area contributed by atoms with Crippen molar-refractivity contribution in [3.05, 3.63) is 18.2 Å². The number of nitrogens with one attached hydrogen (secondary N) is 6. The van der Waals surface area contributed by atoms with Crippen molar-refractivity contribution >= 4 is 47.8 Å². The van der Waals surface area contributed by atoms with Crippen molar-refractivity contribution in [1.29, 1.82) is 0 Å². The summed E-state index contributed by atoms with van der Waals surface area (Å²) < 4.78 is 0. The summed E-state index contributed by atoms with van der Waals surface area (Å²) in [6.07, 6.45) is 0.826. The van der Waals surface area contributed by atoms with Crippen LogP contribution in [0, 0.1) is 0 Å². The Morgan fingerprint density at radius 3 is 2.04 bits per heavy atom. The lowest BCUT2D eigenvalue weighted by molar-refractivity contribution is -0.137. The summed E-state index contributed by atoms with van der Waals surface area (Å²) in [4.78, 5) is 96.2. The number of aromatic amines is 1. The molecule has 0 radical (unpaired) electrons. The fourth-order valence-electron chi connectivity index (χ4n) is 3.78. The second-order valence-corrected chi connectivity index (χ2v) is 9.73. The van der Waals surface area contributed by atoms with Crippen LogP contribution in [0.4, 0.5) is 0 Å². The molecule has 7 amide bonds. The van der Waals surface area contributed by atoms with Gasteiger partial charge in [0.1, 0.15) is 30.2 Å². The average Bonchev–Trinajstić information content (AvgIpc) is 3.47. The quantitative estimate of drug-likeness (QED) is 0.0258. The Kier molecular flexibility index (Phi) is 16.0. The van der Waals surface area contributed by atoms with E-state index in [2.05, 4.69) is 41.5 Å². The highest BCUT2D eigenvalue weighted by Gasteiger charge is 2.34. The molecule has 0 saturated heterocycles. The third-order valence-corrected chi connectivity index (χ3v) is 6.09. The number of aromatic nitrogens is 2. The zero-order chi connectivity index (χ0) is 34.1. The molecule has 1 rings (SSSR count). The van der Waals surface area contributed by atoms with E-state index >= 15 is 0 Å². The van der Waals surface area contributed by atoms with Crippen LogP contribution in [-0.2, 0) is 40.0 Å². The maximum absolute atomic E-state index is 13.2. The number of hydrogen-bond acceptors (Lipinski definition) is 11. The topological polar surface area (TPSA) is 365 Å². The van der Waals surface area contributed by atoms with E-state index in [0.717, 1.165) is 6.92 Å². The summed E-state index contributed by atoms with van der Waals surface area (Å²) in [5.74, 6) is -6.23. The first kappa shape index (κ1) is 37.7. The Morgan fingerprint density at radius 1 is 0.933 bits per heavy atom. The van der Waals surface area contributed by atoms with Gasteiger partial charge in [-0.3, -0.25) is 38.6 Å². The van der Waals surface area contributed by atoms with Gasteiger partial charge < -0.3 is 64.7 Å². The number of aliphatic hydroxyl groups is 2. The minimum atomic E-state index is -1.72. The van der Waals surface area contributed by atoms with Crippen molar-refractivity contribution in [2.45, 2.75) is 68.9 Å². The lowest BCUT2D eigenvalue weighted by Gasteiger charge is -2.27. The van der Waals surface area contributed by atoms with Crippen LogP contribution in [-0.4, -0.2) is 117 Å². The molecule has 0 aliphatic carbocycles. The summed E-state index contributed by atoms with van der Waals surface area (Å²) in [5.41, 5.74) is 21.4. The number of nitrogens with zero attached hydrogens (tertiary/aromatic N) is 2. The number of carbonyl (C=O) groups is 7. The van der Waals surface area contributed by atoms with E-state index in [-0.39, 0.29) is 38.2 Å². The molecule has 1 aromatic rings. The van der Waals surface area contributed by atoms with Crippen molar-refractivity contribution in [3.63, 3.8) is 0 Å². The molecule has 0 aliphatic rings. The summed E-state index contributed by atoms with van der Waals surface area (Å²) >= 11 is 0. The Bertz CT molecular complexity index is 1200. The number of H-pyrrole nitrogens is 1. The number of imidazole rings is 1. The number of aliphatic hydroxyl groups excluding tert-OH is 2. The van der Waals surface area contributed by atoms with Crippen LogP contribution in [0.25, 0.3) is 0 Å². The van der Waals surface area contributed by atoms with Crippen molar-refractivity contribution in [2.24, 2.45) is 27.9 Å². The van der Waals surface area contributed by atoms with Crippen LogP contribution < -0.4 is 49.5 Å². The highest BCUT2D eigenvalue weighted by atomic mass is 16.3. The predicted molar refractivity (Wildman–Crippen MR) is 155 cm³/mol. The van der Waals surface area contributed by atoms with Gasteiger partial charge >= 0.3 is 0 Å². The zero-order valence-corrected chi connectivity index (χ0v) is 24.4. The minimum absolute atomic E-state index is 0.0360. The summed E-state index contributed by atoms with van der Waals surface area (Å²) in [6, 6.07) is -7.43. The van der Waals surface area contributed by atoms with Gasteiger partial charge in [0.05, 0.1) is 25.5 Å². The van der Waals surface area contributed by atoms with Gasteiger partial charge in [-0.15, -0.1) is 0 Å². The zero-order valence-electron chi connectivity index (χ0n) is 24.4. The number of guanidine groups is 1. The van der Waals surface area contributed by atoms with Gasteiger partial charge in [0.2, 0.25) is 41.9 Å². The summed E-state index contributed by atoms with van der Waals surface area (Å²) in [5, 5.41) is 31.3. The highest BCUT2D eigenvalue weighted by Crippen LogP contribution is 2.05. The predicted octanol–water partition coefficient (Wildman–Crippen LogP) is -7.21. The molecule has 0 aromatic carbocycles. The maximum Gasteiger partial charge on any atom is 0.245 e. The van der Waals surface area contributed by atoms with Crippen molar-refractivity contribution in [1.82, 2.24) is 36.6 Å². The van der Waals surface area contributed by atoms with Crippen LogP contribution in [0.15, 0.2) is 17.5 Å². The standard InChI is InChI=1S/C24H40N12O9/c1-11(39)18(36-22(44)16(8-37)35-21(43)15(32-10-38)5-12-7-29-9-31-12)23(45)33-13(3-2-4-30-24(27)28)20(42)34-14(19(26)41)6-17(25)40/h7,9-11,13-16,18,37,39H,2-6,8H2,1H3,(H2,25,40)(H2,26,41)(H,29,31)(H,32,38)(H,33,45)(H,34,42)(H,35,43)(H,36,44)(H4,27,28,30). The number of carbonyl (C=O) groups excluding carboxylic acids is 7. The summed E-state index contributed by atoms with van der Waals surface area (Å²) in [6.45, 7) is 0.250. The lowest BCUT2D eigenvalue weighted by Crippen LogP contribution is -2.61. The summed E-state index contributed by atoms with van der Waals surface area (Å²) in [7, 11) is 0. The fraction of sp³-hybridized carbons (Fsp3) is 0.542. The molecular formula is C24H40N12O9. The Balaban J connectivity index is 3.06. The van der Waals surface area contributed by atoms with E-state index in [4.69, 9.17) is 22.9 Å². The number of amides is 7. The van der Waals surface area contributed by atoms with Crippen molar-refractivity contribution < 1.29 is 43.8 Å². The second kappa shape index (κ2) is 19.1. The van der Waals surface area contributed by atoms with Gasteiger partial charge in [0.15, 0.2) is 5.96 Å². The van der Waals surface area contributed by atoms with Gasteiger partial charge in [-0.25, -0.2) is 4.98 Å². The molecule has 0 saturated carbocycles. The number of nitrogens with two attached hydrogens (primary N) is 4. The van der Waals surface area contributed by atoms with Crippen LogP contribution in [0.5, 0.6) is 0 Å². The molecule has 1 aromatic heterocycles. The van der Waals surface area contributed by atoms with Gasteiger partial charge in [-0.05, 0) is 19.8 Å². The molecule has 1 heterocycles. The van der Waals surface area contributed by atoms with Gasteiger partial charge in [0, 0.05) is 24.9 Å². The monoisotopic (exact) mass is 640 g/mol. The lowest BCUT2D eigenvalue weighted by atomic mass is 10.1. The van der Waals surface area contributed by atoms with Crippen LogP contribution in [0.1, 0.15) is 31.9 Å². The molecule has 6 unspecified atom stereocenters. The molecule has 250 valence electrons. The van der Waals surface area contributed by atoms with Crippen LogP contribution in [0.3, 0.4) is 0 Å². The highest BCUT2D eigenvalue weighted by molar-refractivity contribution is 5.97. The Hall–Kier alpha value is -5.31. The van der Waals surface area contributed by atoms with Crippen molar-refractivity contribution in [3.8, 4) is 0 Å². The normalized spacial score (nSPS) is 14.6. The van der Waals surface area contributed by atoms with Crippen LogP contribution >= 0.6 is 0 Å². The first-order valence-electron chi connectivity index (χ1n) is 13.5. The second-order valence-electron chi connectivity index (χ2n) is 9.73. The average molecular weight is 641 g/mol. The number of aliphatic imine (C=N–C) groups is 1. The molecule has 0 spiro atoms. The first-order valence-corrected chi connectivity index (χ1v) is 13.5. The van der Waals surface area contributed by atoms with E-state index in [1.165, 1.54) is 12.5 Å². The van der Waals surface area contributed by atoms with Crippen LogP contribution in [0.2, 0.25) is 0 Å². The third kappa shape index (κ3) is 13.7. The molecule has 21 nitrogen and oxygen atoms in total. The SMILES string of the molecule is CC(O)C(NC(=O)C(CO)NC(=O)C(Cc1cnc[nH]1)NC=O)C(=O)NC(CCCN=C(N)N)C(=O)NC(CC(N)=O)C(N)=O. The molecule has 0 aliphatic heterocycles. The van der Waals surface area contributed by atoms with E-state index < -0.39 is 84.8 Å². The number of primary amides is 2. The molecule has 45 heavy (non-hydrogen) atoms. The molecule has 0 bridgehead atoms. The minimum Gasteiger partial charge on any atom is -0.394 e. The van der Waals surface area contributed by atoms with Gasteiger partial charge in [0.25, 0.3) is 0 Å². The molecule has 16 N–H and O–H groups in total. The fourth-order valence-corrected chi connectivity index (χ4v) is 3.78. The largest absolute Gasteiger partial charge is 0.394 e. The molecule has 6 atom stereocenters. The number of hydrogen-bond donors (Lipinski definition) is 12. The van der Waals surface area contributed by atoms with E-state index in [0.29, 0.717) is 5.69 Å². The Labute approximate surface area is 256 Å². The third-order valence-electron chi connectivity index (χ3n) is 6.09. The molecular weight excluding hydrogens is 600 g/mol. The van der Waals surface area contributed by atoms with E-state index in [1.807, 2.05) is 0 Å². The van der Waals surface area contributed by atoms with Gasteiger partial charge in [-0.1, -0.05) is 0 Å². The van der Waals surface area contributed by atoms with E-state index in [1.54, 1.807) is 0 Å².